The molecule has 25 heavy (non-hydrogen) atoms. The maximum absolute atomic E-state index is 12.5. The number of hydrogen-bond acceptors (Lipinski definition) is 4. The fourth-order valence-electron chi connectivity index (χ4n) is 2.35. The molecule has 0 aliphatic carbocycles. The molecule has 0 amide bonds. The lowest BCUT2D eigenvalue weighted by atomic mass is 10.0. The molecule has 0 aliphatic rings. The Morgan fingerprint density at radius 3 is 2.32 bits per heavy atom. The molecule has 0 unspecified atom stereocenters. The van der Waals surface area contributed by atoms with Crippen molar-refractivity contribution in [1.82, 2.24) is 0 Å². The molecule has 0 fully saturated rings. The van der Waals surface area contributed by atoms with Gasteiger partial charge in [0.15, 0.2) is 5.78 Å². The van der Waals surface area contributed by atoms with E-state index >= 15 is 0 Å². The normalized spacial score (nSPS) is 10.9. The molecule has 2 rings (SSSR count). The van der Waals surface area contributed by atoms with Gasteiger partial charge in [-0.05, 0) is 55.0 Å². The molecule has 0 saturated carbocycles. The van der Waals surface area contributed by atoms with Gasteiger partial charge in [0.2, 0.25) is 0 Å². The van der Waals surface area contributed by atoms with E-state index in [0.29, 0.717) is 29.4 Å². The highest BCUT2D eigenvalue weighted by Crippen LogP contribution is 2.30. The highest BCUT2D eigenvalue weighted by molar-refractivity contribution is 6.08. The van der Waals surface area contributed by atoms with Gasteiger partial charge in [-0.25, -0.2) is 0 Å². The van der Waals surface area contributed by atoms with Crippen molar-refractivity contribution >= 4 is 11.4 Å². The Bertz CT molecular complexity index is 773. The third kappa shape index (κ3) is 4.73. The van der Waals surface area contributed by atoms with E-state index in [4.69, 9.17) is 14.2 Å². The summed E-state index contributed by atoms with van der Waals surface area (Å²) in [7, 11) is 3.19. The van der Waals surface area contributed by atoms with Gasteiger partial charge >= 0.3 is 0 Å². The van der Waals surface area contributed by atoms with Gasteiger partial charge in [-0.3, -0.25) is 4.79 Å². The lowest BCUT2D eigenvalue weighted by Gasteiger charge is -2.11. The van der Waals surface area contributed by atoms with Crippen molar-refractivity contribution in [3.63, 3.8) is 0 Å². The van der Waals surface area contributed by atoms with Crippen molar-refractivity contribution in [3.8, 4) is 17.2 Å². The second-order valence-electron chi connectivity index (χ2n) is 5.38. The van der Waals surface area contributed by atoms with E-state index in [2.05, 4.69) is 6.58 Å². The van der Waals surface area contributed by atoms with Crippen LogP contribution in [0.3, 0.4) is 0 Å². The van der Waals surface area contributed by atoms with Gasteiger partial charge < -0.3 is 14.2 Å². The predicted octanol–water partition coefficient (Wildman–Crippen LogP) is 4.55. The highest BCUT2D eigenvalue weighted by atomic mass is 16.5. The minimum Gasteiger partial charge on any atom is -0.497 e. The molecule has 2 aromatic carbocycles. The Labute approximate surface area is 148 Å². The SMILES string of the molecule is C=CCOc1ccc(C(=O)/C=C(\C)c2ccc(OC)cc2OC)cc1. The van der Waals surface area contributed by atoms with Crippen molar-refractivity contribution in [3.05, 3.63) is 72.3 Å². The molecular weight excluding hydrogens is 316 g/mol. The molecule has 0 atom stereocenters. The number of carbonyl (C=O) groups excluding carboxylic acids is 1. The third-order valence-electron chi connectivity index (χ3n) is 3.69. The standard InChI is InChI=1S/C21H22O4/c1-5-12-25-17-8-6-16(7-9-17)20(22)13-15(2)19-11-10-18(23-3)14-21(19)24-4/h5-11,13-14H,1,12H2,2-4H3/b15-13+. The first kappa shape index (κ1) is 18.3. The van der Waals surface area contributed by atoms with Crippen LogP contribution in [0.15, 0.2) is 61.2 Å². The zero-order valence-electron chi connectivity index (χ0n) is 14.7. The number of methoxy groups -OCH3 is 2. The molecule has 4 nitrogen and oxygen atoms in total. The first-order valence-corrected chi connectivity index (χ1v) is 7.87. The Hall–Kier alpha value is -3.01. The maximum atomic E-state index is 12.5. The summed E-state index contributed by atoms with van der Waals surface area (Å²) >= 11 is 0. The molecule has 0 heterocycles. The van der Waals surface area contributed by atoms with E-state index in [1.54, 1.807) is 56.7 Å². The second-order valence-corrected chi connectivity index (χ2v) is 5.38. The van der Waals surface area contributed by atoms with E-state index < -0.39 is 0 Å². The van der Waals surface area contributed by atoms with Crippen LogP contribution in [0.1, 0.15) is 22.8 Å². The van der Waals surface area contributed by atoms with Crippen molar-refractivity contribution in [2.75, 3.05) is 20.8 Å². The summed E-state index contributed by atoms with van der Waals surface area (Å²) in [4.78, 5) is 12.5. The Balaban J connectivity index is 2.21. The predicted molar refractivity (Wildman–Crippen MR) is 99.7 cm³/mol. The summed E-state index contributed by atoms with van der Waals surface area (Å²) in [5, 5.41) is 0. The van der Waals surface area contributed by atoms with E-state index in [1.165, 1.54) is 0 Å². The average Bonchev–Trinajstić information content (AvgIpc) is 2.65. The molecule has 0 radical (unpaired) electrons. The number of rotatable bonds is 8. The molecule has 0 spiro atoms. The van der Waals surface area contributed by atoms with Crippen LogP contribution in [0.25, 0.3) is 5.57 Å². The highest BCUT2D eigenvalue weighted by Gasteiger charge is 2.10. The monoisotopic (exact) mass is 338 g/mol. The minimum absolute atomic E-state index is 0.0781. The van der Waals surface area contributed by atoms with Gasteiger partial charge in [0, 0.05) is 17.2 Å². The molecular formula is C21H22O4. The van der Waals surface area contributed by atoms with Gasteiger partial charge in [0.25, 0.3) is 0 Å². The van der Waals surface area contributed by atoms with Gasteiger partial charge in [-0.15, -0.1) is 0 Å². The van der Waals surface area contributed by atoms with Gasteiger partial charge in [0.05, 0.1) is 14.2 Å². The van der Waals surface area contributed by atoms with E-state index in [1.807, 2.05) is 19.1 Å². The molecule has 130 valence electrons. The number of benzene rings is 2. The summed E-state index contributed by atoms with van der Waals surface area (Å²) in [5.74, 6) is 1.99. The summed E-state index contributed by atoms with van der Waals surface area (Å²) < 4.78 is 16.0. The molecule has 0 bridgehead atoms. The number of ether oxygens (including phenoxy) is 3. The van der Waals surface area contributed by atoms with E-state index in [9.17, 15) is 4.79 Å². The Morgan fingerprint density at radius 2 is 1.72 bits per heavy atom. The third-order valence-corrected chi connectivity index (χ3v) is 3.69. The van der Waals surface area contributed by atoms with Crippen LogP contribution in [0.2, 0.25) is 0 Å². The van der Waals surface area contributed by atoms with Crippen molar-refractivity contribution in [2.45, 2.75) is 6.92 Å². The quantitative estimate of drug-likeness (QED) is 0.402. The van der Waals surface area contributed by atoms with Gasteiger partial charge in [-0.2, -0.15) is 0 Å². The lowest BCUT2D eigenvalue weighted by molar-refractivity contribution is 0.104. The molecule has 0 saturated heterocycles. The first-order chi connectivity index (χ1) is 12.1. The van der Waals surface area contributed by atoms with Crippen LogP contribution >= 0.6 is 0 Å². The van der Waals surface area contributed by atoms with Gasteiger partial charge in [0.1, 0.15) is 23.9 Å². The van der Waals surface area contributed by atoms with Crippen molar-refractivity contribution in [1.29, 1.82) is 0 Å². The summed E-state index contributed by atoms with van der Waals surface area (Å²) in [6.45, 7) is 5.92. The molecule has 2 aromatic rings. The Morgan fingerprint density at radius 1 is 1.04 bits per heavy atom. The fraction of sp³-hybridized carbons (Fsp3) is 0.190. The minimum atomic E-state index is -0.0781. The van der Waals surface area contributed by atoms with Crippen LogP contribution in [-0.2, 0) is 0 Å². The number of ketones is 1. The molecule has 0 aliphatic heterocycles. The smallest absolute Gasteiger partial charge is 0.186 e. The maximum Gasteiger partial charge on any atom is 0.186 e. The van der Waals surface area contributed by atoms with Crippen LogP contribution in [0.4, 0.5) is 0 Å². The van der Waals surface area contributed by atoms with E-state index in [0.717, 1.165) is 11.1 Å². The Kier molecular flexibility index (Phi) is 6.40. The number of allylic oxidation sites excluding steroid dienone is 2. The van der Waals surface area contributed by atoms with Crippen molar-refractivity contribution in [2.24, 2.45) is 0 Å². The van der Waals surface area contributed by atoms with E-state index in [-0.39, 0.29) is 5.78 Å². The van der Waals surface area contributed by atoms with Gasteiger partial charge in [-0.1, -0.05) is 12.7 Å². The van der Waals surface area contributed by atoms with Crippen LogP contribution < -0.4 is 14.2 Å². The van der Waals surface area contributed by atoms with Crippen molar-refractivity contribution < 1.29 is 19.0 Å². The zero-order chi connectivity index (χ0) is 18.2. The van der Waals surface area contributed by atoms with Crippen LogP contribution in [-0.4, -0.2) is 26.6 Å². The van der Waals surface area contributed by atoms with Crippen LogP contribution in [0, 0.1) is 0 Å². The molecule has 0 aromatic heterocycles. The molecule has 0 N–H and O–H groups in total. The summed E-state index contributed by atoms with van der Waals surface area (Å²) in [5.41, 5.74) is 2.26. The number of hydrogen-bond donors (Lipinski definition) is 0. The first-order valence-electron chi connectivity index (χ1n) is 7.87. The summed E-state index contributed by atoms with van der Waals surface area (Å²) in [6.07, 6.45) is 3.28. The molecule has 4 heteroatoms. The topological polar surface area (TPSA) is 44.8 Å². The number of carbonyl (C=O) groups is 1. The average molecular weight is 338 g/mol. The lowest BCUT2D eigenvalue weighted by Crippen LogP contribution is -1.98. The zero-order valence-corrected chi connectivity index (χ0v) is 14.7. The fourth-order valence-corrected chi connectivity index (χ4v) is 2.35. The summed E-state index contributed by atoms with van der Waals surface area (Å²) in [6, 6.07) is 12.5. The largest absolute Gasteiger partial charge is 0.497 e. The van der Waals surface area contributed by atoms with Crippen LogP contribution in [0.5, 0.6) is 17.2 Å². The second kappa shape index (κ2) is 8.73.